The van der Waals surface area contributed by atoms with E-state index in [0.29, 0.717) is 17.3 Å². The summed E-state index contributed by atoms with van der Waals surface area (Å²) >= 11 is 0. The molecule has 1 saturated carbocycles. The summed E-state index contributed by atoms with van der Waals surface area (Å²) in [5, 5.41) is 13.6. The van der Waals surface area contributed by atoms with E-state index in [2.05, 4.69) is 20.6 Å². The molecule has 7 heteroatoms. The van der Waals surface area contributed by atoms with Crippen LogP contribution in [0.4, 0.5) is 4.39 Å². The Balaban J connectivity index is 1.46. The number of rotatable bonds is 5. The average Bonchev–Trinajstić information content (AvgIpc) is 3.48. The summed E-state index contributed by atoms with van der Waals surface area (Å²) in [6.07, 6.45) is 7.90. The predicted octanol–water partition coefficient (Wildman–Crippen LogP) is 4.92. The van der Waals surface area contributed by atoms with Crippen molar-refractivity contribution in [1.29, 1.82) is 0 Å². The van der Waals surface area contributed by atoms with Gasteiger partial charge in [0.15, 0.2) is 5.69 Å². The Kier molecular flexibility index (Phi) is 5.39. The second-order valence-electron chi connectivity index (χ2n) is 8.36. The smallest absolute Gasteiger partial charge is 0.274 e. The van der Waals surface area contributed by atoms with Crippen LogP contribution in [0.15, 0.2) is 60.9 Å². The Bertz CT molecular complexity index is 1260. The molecular weight excluding hydrogens is 405 g/mol. The van der Waals surface area contributed by atoms with Crippen molar-refractivity contribution in [3.05, 3.63) is 83.7 Å². The van der Waals surface area contributed by atoms with Crippen molar-refractivity contribution in [2.45, 2.75) is 38.6 Å². The molecule has 32 heavy (non-hydrogen) atoms. The molecule has 1 N–H and O–H groups in total. The number of amides is 1. The first-order chi connectivity index (χ1) is 15.6. The fourth-order valence-electron chi connectivity index (χ4n) is 4.70. The van der Waals surface area contributed by atoms with Gasteiger partial charge in [0, 0.05) is 23.2 Å². The van der Waals surface area contributed by atoms with E-state index < -0.39 is 0 Å². The molecule has 0 radical (unpaired) electrons. The van der Waals surface area contributed by atoms with Gasteiger partial charge in [-0.1, -0.05) is 42.3 Å². The molecule has 1 aliphatic carbocycles. The molecular formula is C25H24FN5O. The summed E-state index contributed by atoms with van der Waals surface area (Å²) < 4.78 is 15.2. The van der Waals surface area contributed by atoms with E-state index in [1.165, 1.54) is 12.1 Å². The number of aromatic nitrogens is 4. The van der Waals surface area contributed by atoms with Gasteiger partial charge in [0.05, 0.1) is 17.4 Å². The number of pyridine rings is 1. The van der Waals surface area contributed by atoms with Gasteiger partial charge in [0.25, 0.3) is 5.91 Å². The number of hydrogen-bond donors (Lipinski definition) is 1. The van der Waals surface area contributed by atoms with Crippen LogP contribution in [0.25, 0.3) is 16.5 Å². The molecule has 1 aliphatic rings. The van der Waals surface area contributed by atoms with Crippen LogP contribution in [0.5, 0.6) is 0 Å². The first-order valence-corrected chi connectivity index (χ1v) is 10.9. The number of carbonyl (C=O) groups excluding carboxylic acids is 1. The number of carbonyl (C=O) groups is 1. The Morgan fingerprint density at radius 3 is 2.69 bits per heavy atom. The van der Waals surface area contributed by atoms with Crippen molar-refractivity contribution in [3.63, 3.8) is 0 Å². The highest BCUT2D eigenvalue weighted by Crippen LogP contribution is 2.36. The minimum atomic E-state index is -0.283. The lowest BCUT2D eigenvalue weighted by molar-refractivity contribution is 0.0916. The maximum atomic E-state index is 13.5. The molecule has 0 saturated heterocycles. The van der Waals surface area contributed by atoms with Crippen molar-refractivity contribution in [2.24, 2.45) is 5.92 Å². The van der Waals surface area contributed by atoms with Crippen LogP contribution in [-0.2, 0) is 0 Å². The Labute approximate surface area is 185 Å². The van der Waals surface area contributed by atoms with Gasteiger partial charge >= 0.3 is 0 Å². The Morgan fingerprint density at radius 1 is 1.12 bits per heavy atom. The maximum absolute atomic E-state index is 13.5. The topological polar surface area (TPSA) is 72.7 Å². The lowest BCUT2D eigenvalue weighted by atomic mass is 9.91. The average molecular weight is 429 g/mol. The molecule has 2 heterocycles. The molecule has 0 spiro atoms. The van der Waals surface area contributed by atoms with Crippen LogP contribution < -0.4 is 5.32 Å². The van der Waals surface area contributed by atoms with Gasteiger partial charge in [-0.25, -0.2) is 9.07 Å². The minimum absolute atomic E-state index is 0.182. The van der Waals surface area contributed by atoms with Gasteiger partial charge < -0.3 is 5.32 Å². The molecule has 6 nitrogen and oxygen atoms in total. The quantitative estimate of drug-likeness (QED) is 0.489. The van der Waals surface area contributed by atoms with Crippen LogP contribution in [0.1, 0.15) is 53.5 Å². The molecule has 1 unspecified atom stereocenters. The van der Waals surface area contributed by atoms with Crippen molar-refractivity contribution >= 4 is 16.7 Å². The van der Waals surface area contributed by atoms with E-state index in [1.807, 2.05) is 31.2 Å². The Hall–Kier alpha value is -3.61. The summed E-state index contributed by atoms with van der Waals surface area (Å²) in [7, 11) is 0. The van der Waals surface area contributed by atoms with Crippen LogP contribution in [0, 0.1) is 18.7 Å². The van der Waals surface area contributed by atoms with E-state index in [4.69, 9.17) is 0 Å². The molecule has 5 rings (SSSR count). The predicted molar refractivity (Wildman–Crippen MR) is 120 cm³/mol. The molecule has 162 valence electrons. The highest BCUT2D eigenvalue weighted by atomic mass is 19.1. The third-order valence-corrected chi connectivity index (χ3v) is 6.38. The number of nitrogens with zero attached hydrogens (tertiary/aromatic N) is 4. The third kappa shape index (κ3) is 3.75. The zero-order valence-electron chi connectivity index (χ0n) is 17.8. The molecule has 2 aromatic heterocycles. The van der Waals surface area contributed by atoms with Crippen molar-refractivity contribution in [3.8, 4) is 5.69 Å². The first kappa shape index (κ1) is 20.3. The number of benzene rings is 2. The summed E-state index contributed by atoms with van der Waals surface area (Å²) in [5.41, 5.74) is 2.72. The maximum Gasteiger partial charge on any atom is 0.274 e. The SMILES string of the molecule is Cc1c(C(=O)NC(c2ccc(F)cc2)C2CCCC2)nnn1-c1cccc2cnccc12. The third-order valence-electron chi connectivity index (χ3n) is 6.38. The van der Waals surface area contributed by atoms with E-state index in [9.17, 15) is 9.18 Å². The summed E-state index contributed by atoms with van der Waals surface area (Å²) in [5.74, 6) is -0.225. The molecule has 1 amide bonds. The standard InChI is InChI=1S/C25H24FN5O/c1-16-23(29-30-31(16)22-8-4-7-19-15-27-14-13-21(19)22)25(32)28-24(17-5-2-3-6-17)18-9-11-20(26)12-10-18/h4,7-15,17,24H,2-3,5-6H2,1H3,(H,28,32). The van der Waals surface area contributed by atoms with Crippen LogP contribution in [-0.4, -0.2) is 25.9 Å². The second kappa shape index (κ2) is 8.49. The van der Waals surface area contributed by atoms with Crippen LogP contribution in [0.3, 0.4) is 0 Å². The van der Waals surface area contributed by atoms with Crippen LogP contribution in [0.2, 0.25) is 0 Å². The molecule has 1 fully saturated rings. The normalized spacial score (nSPS) is 15.2. The lowest BCUT2D eigenvalue weighted by Gasteiger charge is -2.25. The minimum Gasteiger partial charge on any atom is -0.343 e. The highest BCUT2D eigenvalue weighted by Gasteiger charge is 2.29. The van der Waals surface area contributed by atoms with E-state index in [0.717, 1.165) is 47.7 Å². The van der Waals surface area contributed by atoms with Gasteiger partial charge in [0.1, 0.15) is 5.82 Å². The van der Waals surface area contributed by atoms with Crippen molar-refractivity contribution in [2.75, 3.05) is 0 Å². The first-order valence-electron chi connectivity index (χ1n) is 10.9. The fourth-order valence-corrected chi connectivity index (χ4v) is 4.70. The second-order valence-corrected chi connectivity index (χ2v) is 8.36. The van der Waals surface area contributed by atoms with Gasteiger partial charge in [-0.05, 0) is 55.5 Å². The lowest BCUT2D eigenvalue weighted by Crippen LogP contribution is -2.33. The number of fused-ring (bicyclic) bond motifs is 1. The molecule has 2 aromatic carbocycles. The largest absolute Gasteiger partial charge is 0.343 e. The van der Waals surface area contributed by atoms with Crippen molar-refractivity contribution < 1.29 is 9.18 Å². The van der Waals surface area contributed by atoms with Gasteiger partial charge in [-0.3, -0.25) is 9.78 Å². The fraction of sp³-hybridized carbons (Fsp3) is 0.280. The van der Waals surface area contributed by atoms with Crippen molar-refractivity contribution in [1.82, 2.24) is 25.3 Å². The zero-order chi connectivity index (χ0) is 22.1. The van der Waals surface area contributed by atoms with Crippen LogP contribution >= 0.6 is 0 Å². The van der Waals surface area contributed by atoms with E-state index in [-0.39, 0.29) is 17.8 Å². The summed E-state index contributed by atoms with van der Waals surface area (Å²) in [6.45, 7) is 1.84. The molecule has 1 atom stereocenters. The van der Waals surface area contributed by atoms with E-state index >= 15 is 0 Å². The van der Waals surface area contributed by atoms with E-state index in [1.54, 1.807) is 29.2 Å². The zero-order valence-corrected chi connectivity index (χ0v) is 17.8. The van der Waals surface area contributed by atoms with Gasteiger partial charge in [-0.2, -0.15) is 0 Å². The number of halogens is 1. The molecule has 0 aliphatic heterocycles. The monoisotopic (exact) mass is 429 g/mol. The molecule has 0 bridgehead atoms. The highest BCUT2D eigenvalue weighted by molar-refractivity contribution is 5.94. The Morgan fingerprint density at radius 2 is 1.91 bits per heavy atom. The number of nitrogens with one attached hydrogen (secondary N) is 1. The van der Waals surface area contributed by atoms with Gasteiger partial charge in [0.2, 0.25) is 0 Å². The number of hydrogen-bond acceptors (Lipinski definition) is 4. The van der Waals surface area contributed by atoms with Gasteiger partial charge in [-0.15, -0.1) is 5.10 Å². The summed E-state index contributed by atoms with van der Waals surface area (Å²) in [6, 6.07) is 14.0. The molecule has 4 aromatic rings. The summed E-state index contributed by atoms with van der Waals surface area (Å²) in [4.78, 5) is 17.4.